The van der Waals surface area contributed by atoms with Gasteiger partial charge in [-0.05, 0) is 36.8 Å². The van der Waals surface area contributed by atoms with Crippen LogP contribution in [0.4, 0.5) is 0 Å². The van der Waals surface area contributed by atoms with E-state index in [1.165, 1.54) is 6.26 Å². The quantitative estimate of drug-likeness (QED) is 0.329. The lowest BCUT2D eigenvalue weighted by atomic mass is 10.1. The first-order chi connectivity index (χ1) is 15.1. The Bertz CT molecular complexity index is 1500. The summed E-state index contributed by atoms with van der Waals surface area (Å²) in [6.45, 7) is 2.52. The average Bonchev–Trinajstić information content (AvgIpc) is 3.12. The molecule has 0 aliphatic rings. The molecule has 0 saturated heterocycles. The molecule has 5 heteroatoms. The molecule has 0 aliphatic carbocycles. The van der Waals surface area contributed by atoms with Crippen molar-refractivity contribution in [1.82, 2.24) is 0 Å². The first-order valence-corrected chi connectivity index (χ1v) is 10.3. The van der Waals surface area contributed by atoms with Crippen LogP contribution >= 0.6 is 11.6 Å². The van der Waals surface area contributed by atoms with Crippen molar-refractivity contribution >= 4 is 45.8 Å². The molecule has 0 N–H and O–H groups in total. The Morgan fingerprint density at radius 3 is 2.61 bits per heavy atom. The summed E-state index contributed by atoms with van der Waals surface area (Å²) in [7, 11) is 0. The Morgan fingerprint density at radius 2 is 1.77 bits per heavy atom. The van der Waals surface area contributed by atoms with Gasteiger partial charge in [-0.3, -0.25) is 4.79 Å². The lowest BCUT2D eigenvalue weighted by molar-refractivity contribution is -0.669. The molecule has 0 spiro atoms. The van der Waals surface area contributed by atoms with Crippen molar-refractivity contribution in [2.75, 3.05) is 0 Å². The van der Waals surface area contributed by atoms with Crippen LogP contribution in [0.1, 0.15) is 22.6 Å². The number of para-hydroxylation sites is 2. The van der Waals surface area contributed by atoms with Gasteiger partial charge in [0.15, 0.2) is 12.0 Å². The number of fused-ring (bicyclic) bond motifs is 2. The molecule has 152 valence electrons. The number of nitrogens with zero attached hydrogens (tertiary/aromatic N) is 1. The third-order valence-electron chi connectivity index (χ3n) is 5.28. The lowest BCUT2D eigenvalue weighted by Gasteiger charge is -2.02. The molecule has 0 amide bonds. The fraction of sp³-hybridized carbons (Fsp3) is 0.0769. The summed E-state index contributed by atoms with van der Waals surface area (Å²) in [5.41, 5.74) is 4.60. The minimum Gasteiger partial charge on any atom is -0.463 e. The van der Waals surface area contributed by atoms with Crippen molar-refractivity contribution in [2.24, 2.45) is 0 Å². The van der Waals surface area contributed by atoms with Crippen molar-refractivity contribution in [2.45, 2.75) is 13.5 Å². The topological polar surface area (TPSA) is 47.2 Å². The standard InChI is InChI=1S/C26H19ClNO3/c1-17-13-20(27)14-21-25(29)19(16-30-26(17)21)11-12-24-28(15-18-7-3-2-4-8-18)22-9-5-6-10-23(22)31-24/h2-14,16H,15H2,1H3/q+1/b12-11+. The molecule has 0 unspecified atom stereocenters. The molecule has 2 aromatic heterocycles. The molecular weight excluding hydrogens is 410 g/mol. The highest BCUT2D eigenvalue weighted by atomic mass is 35.5. The second-order valence-electron chi connectivity index (χ2n) is 7.43. The van der Waals surface area contributed by atoms with Crippen LogP contribution in [0, 0.1) is 6.92 Å². The zero-order chi connectivity index (χ0) is 21.4. The van der Waals surface area contributed by atoms with Crippen molar-refractivity contribution in [3.63, 3.8) is 0 Å². The van der Waals surface area contributed by atoms with E-state index in [0.29, 0.717) is 34.0 Å². The molecule has 5 rings (SSSR count). The number of hydrogen-bond donors (Lipinski definition) is 0. The zero-order valence-corrected chi connectivity index (χ0v) is 17.6. The van der Waals surface area contributed by atoms with Gasteiger partial charge >= 0.3 is 5.89 Å². The molecule has 3 aromatic carbocycles. The van der Waals surface area contributed by atoms with Crippen LogP contribution in [-0.4, -0.2) is 0 Å². The zero-order valence-electron chi connectivity index (χ0n) is 16.8. The first-order valence-electron chi connectivity index (χ1n) is 9.95. The number of oxazole rings is 1. The van der Waals surface area contributed by atoms with Crippen LogP contribution in [0.15, 0.2) is 86.6 Å². The summed E-state index contributed by atoms with van der Waals surface area (Å²) in [5, 5.41) is 0.977. The minimum absolute atomic E-state index is 0.131. The van der Waals surface area contributed by atoms with E-state index >= 15 is 0 Å². The van der Waals surface area contributed by atoms with Crippen molar-refractivity contribution in [3.8, 4) is 0 Å². The van der Waals surface area contributed by atoms with Crippen molar-refractivity contribution in [3.05, 3.63) is 111 Å². The summed E-state index contributed by atoms with van der Waals surface area (Å²) in [5.74, 6) is 0.645. The van der Waals surface area contributed by atoms with Crippen LogP contribution in [0.5, 0.6) is 0 Å². The molecule has 0 aliphatic heterocycles. The SMILES string of the molecule is Cc1cc(Cl)cc2c(=O)c(/C=C/c3oc4ccccc4[n+]3Cc3ccccc3)coc12. The maximum atomic E-state index is 13.0. The van der Waals surface area contributed by atoms with Crippen LogP contribution in [0.25, 0.3) is 34.2 Å². The molecule has 0 radical (unpaired) electrons. The molecule has 0 fully saturated rings. The van der Waals surface area contributed by atoms with E-state index in [1.54, 1.807) is 24.3 Å². The predicted molar refractivity (Wildman–Crippen MR) is 123 cm³/mol. The highest BCUT2D eigenvalue weighted by molar-refractivity contribution is 6.31. The van der Waals surface area contributed by atoms with E-state index in [-0.39, 0.29) is 5.43 Å². The second kappa shape index (κ2) is 7.89. The van der Waals surface area contributed by atoms with Crippen LogP contribution in [0.2, 0.25) is 5.02 Å². The first kappa shape index (κ1) is 19.3. The molecule has 0 bridgehead atoms. The summed E-state index contributed by atoms with van der Waals surface area (Å²) < 4.78 is 13.9. The number of aryl methyl sites for hydroxylation is 1. The number of rotatable bonds is 4. The predicted octanol–water partition coefficient (Wildman–Crippen LogP) is 6.01. The number of hydrogen-bond acceptors (Lipinski definition) is 3. The van der Waals surface area contributed by atoms with Gasteiger partial charge in [-0.2, -0.15) is 4.57 Å². The maximum absolute atomic E-state index is 13.0. The van der Waals surface area contributed by atoms with Gasteiger partial charge in [0.1, 0.15) is 11.8 Å². The van der Waals surface area contributed by atoms with Gasteiger partial charge in [-0.15, -0.1) is 0 Å². The Balaban J connectivity index is 1.60. The summed E-state index contributed by atoms with van der Waals surface area (Å²) in [6, 6.07) is 21.5. The molecular formula is C26H19ClNO3+. The Hall–Kier alpha value is -3.63. The molecule has 31 heavy (non-hydrogen) atoms. The third-order valence-corrected chi connectivity index (χ3v) is 5.49. The monoisotopic (exact) mass is 428 g/mol. The Morgan fingerprint density at radius 1 is 1.00 bits per heavy atom. The largest absolute Gasteiger partial charge is 0.463 e. The van der Waals surface area contributed by atoms with Crippen molar-refractivity contribution in [1.29, 1.82) is 0 Å². The van der Waals surface area contributed by atoms with E-state index in [1.807, 2.05) is 49.4 Å². The van der Waals surface area contributed by atoms with Gasteiger partial charge in [0.25, 0.3) is 5.52 Å². The van der Waals surface area contributed by atoms with Crippen LogP contribution in [-0.2, 0) is 6.54 Å². The van der Waals surface area contributed by atoms with E-state index < -0.39 is 0 Å². The highest BCUT2D eigenvalue weighted by Crippen LogP contribution is 2.22. The van der Waals surface area contributed by atoms with Gasteiger partial charge in [0.05, 0.1) is 17.0 Å². The minimum atomic E-state index is -0.131. The van der Waals surface area contributed by atoms with Gasteiger partial charge in [-0.25, -0.2) is 0 Å². The lowest BCUT2D eigenvalue weighted by Crippen LogP contribution is -2.35. The number of benzene rings is 3. The van der Waals surface area contributed by atoms with E-state index in [2.05, 4.69) is 16.7 Å². The maximum Gasteiger partial charge on any atom is 0.374 e. The van der Waals surface area contributed by atoms with E-state index in [0.717, 1.165) is 22.2 Å². The van der Waals surface area contributed by atoms with Crippen molar-refractivity contribution < 1.29 is 13.4 Å². The molecule has 4 nitrogen and oxygen atoms in total. The fourth-order valence-corrected chi connectivity index (χ4v) is 4.04. The molecule has 0 saturated carbocycles. The Kier molecular flexibility index (Phi) is 4.92. The van der Waals surface area contributed by atoms with E-state index in [4.69, 9.17) is 20.4 Å². The normalized spacial score (nSPS) is 11.7. The fourth-order valence-electron chi connectivity index (χ4n) is 3.77. The molecule has 0 atom stereocenters. The second-order valence-corrected chi connectivity index (χ2v) is 7.87. The van der Waals surface area contributed by atoms with Gasteiger partial charge < -0.3 is 8.83 Å². The Labute approximate surface area is 183 Å². The van der Waals surface area contributed by atoms with E-state index in [9.17, 15) is 4.79 Å². The average molecular weight is 429 g/mol. The van der Waals surface area contributed by atoms with Crippen LogP contribution in [0.3, 0.4) is 0 Å². The van der Waals surface area contributed by atoms with Gasteiger partial charge in [0.2, 0.25) is 5.58 Å². The van der Waals surface area contributed by atoms with Gasteiger partial charge in [-0.1, -0.05) is 54.1 Å². The smallest absolute Gasteiger partial charge is 0.374 e. The highest BCUT2D eigenvalue weighted by Gasteiger charge is 2.20. The number of aromatic nitrogens is 1. The van der Waals surface area contributed by atoms with Crippen LogP contribution < -0.4 is 10.00 Å². The third kappa shape index (κ3) is 3.66. The summed E-state index contributed by atoms with van der Waals surface area (Å²) >= 11 is 6.15. The summed E-state index contributed by atoms with van der Waals surface area (Å²) in [4.78, 5) is 13.0. The molecule has 5 aromatic rings. The number of halogens is 1. The summed E-state index contributed by atoms with van der Waals surface area (Å²) in [6.07, 6.45) is 5.01. The molecule has 2 heterocycles. The van der Waals surface area contributed by atoms with Gasteiger partial charge in [0, 0.05) is 16.7 Å².